The molecule has 0 saturated carbocycles. The minimum Gasteiger partial charge on any atom is -0.397 e. The number of benzene rings is 2. The molecule has 3 fully saturated rings. The van der Waals surface area contributed by atoms with Gasteiger partial charge in [0.1, 0.15) is 17.2 Å². The number of morpholine rings is 3. The van der Waals surface area contributed by atoms with Crippen molar-refractivity contribution in [3.63, 3.8) is 0 Å². The van der Waals surface area contributed by atoms with Crippen molar-refractivity contribution < 1.29 is 24.1 Å². The maximum absolute atomic E-state index is 7.57. The predicted octanol–water partition coefficient (Wildman–Crippen LogP) is 7.29. The van der Waals surface area contributed by atoms with Crippen molar-refractivity contribution in [1.29, 1.82) is 0 Å². The van der Waals surface area contributed by atoms with Crippen LogP contribution in [0.1, 0.15) is 78.5 Å². The van der Waals surface area contributed by atoms with Crippen molar-refractivity contribution in [2.24, 2.45) is 0 Å². The molecule has 0 bridgehead atoms. The van der Waals surface area contributed by atoms with Crippen molar-refractivity contribution in [3.8, 4) is 0 Å². The highest BCUT2D eigenvalue weighted by Crippen LogP contribution is 2.32. The Kier molecular flexibility index (Phi) is 31.3. The number of allylic oxidation sites excluding steroid dienone is 2. The number of aliphatic hydroxyl groups excluding tert-OH is 1. The van der Waals surface area contributed by atoms with Crippen LogP contribution in [-0.4, -0.2) is 156 Å². The fourth-order valence-corrected chi connectivity index (χ4v) is 7.38. The highest BCUT2D eigenvalue weighted by Gasteiger charge is 2.24. The van der Waals surface area contributed by atoms with Crippen molar-refractivity contribution in [1.82, 2.24) is 25.3 Å². The van der Waals surface area contributed by atoms with Crippen LogP contribution in [-0.2, 0) is 25.4 Å². The number of hydrogen-bond donors (Lipinski definition) is 5. The van der Waals surface area contributed by atoms with E-state index in [0.29, 0.717) is 82.4 Å². The molecule has 5 heterocycles. The molecule has 0 spiro atoms. The Morgan fingerprint density at radius 2 is 1.11 bits per heavy atom. The van der Waals surface area contributed by atoms with E-state index in [0.717, 1.165) is 114 Å². The summed E-state index contributed by atoms with van der Waals surface area (Å²) in [6, 6.07) is 20.6. The molecule has 4 aromatic rings. The third-order valence-corrected chi connectivity index (χ3v) is 11.2. The van der Waals surface area contributed by atoms with Crippen molar-refractivity contribution in [3.05, 3.63) is 90.0 Å². The number of unbranched alkanes of at least 4 members (excludes halogenated alkanes) is 1. The normalized spacial score (nSPS) is 14.6. The van der Waals surface area contributed by atoms with E-state index in [1.165, 1.54) is 5.69 Å². The maximum atomic E-state index is 7.57. The van der Waals surface area contributed by atoms with Gasteiger partial charge in [0.15, 0.2) is 29.1 Å². The van der Waals surface area contributed by atoms with Crippen LogP contribution >= 0.6 is 0 Å². The number of hydrogen-bond acceptors (Lipinski definition) is 17. The molecule has 7 rings (SSSR count). The van der Waals surface area contributed by atoms with Crippen LogP contribution in [0.5, 0.6) is 0 Å². The summed E-state index contributed by atoms with van der Waals surface area (Å²) in [6.07, 6.45) is 11.1. The topological polar surface area (TPSA) is 198 Å². The van der Waals surface area contributed by atoms with Gasteiger partial charge in [0.2, 0.25) is 0 Å². The van der Waals surface area contributed by atoms with Crippen molar-refractivity contribution in [2.75, 3.05) is 168 Å². The Balaban J connectivity index is 0.000000307. The van der Waals surface area contributed by atoms with Gasteiger partial charge in [-0.1, -0.05) is 94.0 Å². The average molecular weight is 985 g/mol. The molecule has 3 aliphatic heterocycles. The molecule has 0 radical (unpaired) electrons. The Morgan fingerprint density at radius 1 is 0.648 bits per heavy atom. The fourth-order valence-electron chi connectivity index (χ4n) is 7.38. The number of aliphatic hydroxyl groups is 1. The summed E-state index contributed by atoms with van der Waals surface area (Å²) in [5, 5.41) is 14.0. The number of aromatic nitrogens is 4. The first-order valence-electron chi connectivity index (χ1n) is 25.9. The summed E-state index contributed by atoms with van der Waals surface area (Å²) in [4.78, 5) is 27.8. The zero-order chi connectivity index (χ0) is 51.3. The second-order valence-electron chi connectivity index (χ2n) is 16.3. The van der Waals surface area contributed by atoms with Gasteiger partial charge in [0.25, 0.3) is 0 Å². The van der Waals surface area contributed by atoms with Crippen LogP contribution in [0.2, 0.25) is 0 Å². The number of aryl methyl sites for hydroxylation is 1. The summed E-state index contributed by atoms with van der Waals surface area (Å²) in [6.45, 7) is 29.7. The lowest BCUT2D eigenvalue weighted by Crippen LogP contribution is -2.40. The number of nitrogens with zero attached hydrogens (tertiary/aromatic N) is 8. The fraction of sp³-hybridized carbons (Fsp3) is 0.556. The number of rotatable bonds is 19. The van der Waals surface area contributed by atoms with E-state index in [4.69, 9.17) is 50.5 Å². The minimum atomic E-state index is 0.250. The number of nitrogens with two attached hydrogens (primary N) is 2. The second kappa shape index (κ2) is 37.3. The smallest absolute Gasteiger partial charge is 0.158 e. The molecule has 0 aliphatic carbocycles. The molecule has 17 nitrogen and oxygen atoms in total. The summed E-state index contributed by atoms with van der Waals surface area (Å²) >= 11 is 0. The summed E-state index contributed by atoms with van der Waals surface area (Å²) < 4.78 is 21.8. The molecule has 394 valence electrons. The largest absolute Gasteiger partial charge is 0.397 e. The van der Waals surface area contributed by atoms with E-state index in [1.807, 2.05) is 61.5 Å². The minimum absolute atomic E-state index is 0.250. The molecule has 71 heavy (non-hydrogen) atoms. The predicted molar refractivity (Wildman–Crippen MR) is 297 cm³/mol. The van der Waals surface area contributed by atoms with Crippen LogP contribution in [0.15, 0.2) is 72.8 Å². The average Bonchev–Trinajstić information content (AvgIpc) is 3.42. The highest BCUT2D eigenvalue weighted by molar-refractivity contribution is 5.78. The monoisotopic (exact) mass is 985 g/mol. The van der Waals surface area contributed by atoms with Crippen LogP contribution in [0.25, 0.3) is 12.2 Å². The maximum Gasteiger partial charge on any atom is 0.158 e. The zero-order valence-electron chi connectivity index (χ0n) is 44.2. The summed E-state index contributed by atoms with van der Waals surface area (Å²) in [7, 11) is 0. The molecule has 3 aliphatic rings. The van der Waals surface area contributed by atoms with Crippen molar-refractivity contribution in [2.45, 2.75) is 67.7 Å². The molecule has 0 unspecified atom stereocenters. The van der Waals surface area contributed by atoms with Gasteiger partial charge in [-0.2, -0.15) is 0 Å². The Labute approximate surface area is 426 Å². The molecular formula is C54H88N12O5. The van der Waals surface area contributed by atoms with Gasteiger partial charge in [-0.15, -0.1) is 0 Å². The molecule has 0 amide bonds. The van der Waals surface area contributed by atoms with Gasteiger partial charge in [-0.3, -0.25) is 0 Å². The lowest BCUT2D eigenvalue weighted by atomic mass is 10.2. The molecule has 2 aromatic heterocycles. The van der Waals surface area contributed by atoms with Crippen LogP contribution in [0.4, 0.5) is 40.3 Å². The molecule has 7 N–H and O–H groups in total. The van der Waals surface area contributed by atoms with Gasteiger partial charge in [-0.05, 0) is 71.0 Å². The quantitative estimate of drug-likeness (QED) is 0.0463. The number of anilines is 7. The number of nitrogens with one attached hydrogen (secondary N) is 2. The lowest BCUT2D eigenvalue weighted by molar-refractivity contribution is 0.122. The Morgan fingerprint density at radius 3 is 1.54 bits per heavy atom. The Hall–Kier alpha value is -5.56. The molecule has 2 aromatic carbocycles. The van der Waals surface area contributed by atoms with E-state index < -0.39 is 0 Å². The summed E-state index contributed by atoms with van der Waals surface area (Å²) in [5.41, 5.74) is 16.5. The van der Waals surface area contributed by atoms with Gasteiger partial charge >= 0.3 is 0 Å². The van der Waals surface area contributed by atoms with Gasteiger partial charge in [-0.25, -0.2) is 19.9 Å². The van der Waals surface area contributed by atoms with Gasteiger partial charge in [0, 0.05) is 84.2 Å². The molecule has 17 heteroatoms. The number of ether oxygens (including phenoxy) is 4. The molecule has 3 saturated heterocycles. The van der Waals surface area contributed by atoms with Gasteiger partial charge < -0.3 is 65.8 Å². The van der Waals surface area contributed by atoms with Gasteiger partial charge in [0.05, 0.1) is 46.2 Å². The Bertz CT molecular complexity index is 1940. The molecular weight excluding hydrogens is 897 g/mol. The standard InChI is InChI=1S/C26H36N6O2.C16H29N5O2.C6H6.C4H11N.C2H6O/c1-3-30(4-2)22-11-9-21(10-12-22)7-5-6-8-23-28-25(31-13-17-33-18-14-31)24(27)26(29-23)32-15-19-34-20-16-32;1-3-5-6-13-19-15(18-7-10-22-4-2)14(17)16(20-13)21-8-11-23-12-9-21;1-2-4-6-5-3-1;1-3-5-4-2;1-2-3/h5-12H,3-4,13-20,27H2,1-2H3;3-12,17H2,1-2H3,(H,18,19,20);1-6H;5H,3-4H2,1-2H3;3H,2H2,1H3/b7-5+,8-6+;;;;. The van der Waals surface area contributed by atoms with E-state index >= 15 is 0 Å². The van der Waals surface area contributed by atoms with E-state index in [9.17, 15) is 0 Å². The zero-order valence-corrected chi connectivity index (χ0v) is 44.2. The van der Waals surface area contributed by atoms with Crippen LogP contribution in [0, 0.1) is 0 Å². The van der Waals surface area contributed by atoms with Crippen molar-refractivity contribution >= 4 is 52.5 Å². The highest BCUT2D eigenvalue weighted by atomic mass is 16.5. The first kappa shape index (κ1) is 59.7. The first-order chi connectivity index (χ1) is 34.8. The van der Waals surface area contributed by atoms with E-state index in [1.54, 1.807) is 6.92 Å². The second-order valence-corrected chi connectivity index (χ2v) is 16.3. The molecule has 0 atom stereocenters. The van der Waals surface area contributed by atoms with E-state index in [-0.39, 0.29) is 6.61 Å². The third-order valence-electron chi connectivity index (χ3n) is 11.2. The van der Waals surface area contributed by atoms with Crippen LogP contribution < -0.4 is 41.7 Å². The SMILES string of the molecule is CCCCc1nc(NCCOCC)c(N)c(N2CCOCC2)n1.CCN(CC)c1ccc(/C=C/C=C/c2nc(N3CCOCC3)c(N)c(N3CCOCC3)n2)cc1.CCNCC.CCO.c1ccccc1. The van der Waals surface area contributed by atoms with Crippen LogP contribution in [0.3, 0.4) is 0 Å². The third kappa shape index (κ3) is 22.6. The lowest BCUT2D eigenvalue weighted by Gasteiger charge is -2.32. The summed E-state index contributed by atoms with van der Waals surface area (Å²) in [5.74, 6) is 4.62. The first-order valence-corrected chi connectivity index (χ1v) is 25.9. The number of nitrogen functional groups attached to an aromatic ring is 2. The van der Waals surface area contributed by atoms with E-state index in [2.05, 4.69) is 100 Å².